The molecule has 0 amide bonds. The lowest BCUT2D eigenvalue weighted by Gasteiger charge is -2.18. The van der Waals surface area contributed by atoms with Crippen molar-refractivity contribution in [1.29, 1.82) is 0 Å². The average Bonchev–Trinajstić information content (AvgIpc) is 3.82. The molecule has 0 aliphatic carbocycles. The van der Waals surface area contributed by atoms with Gasteiger partial charge in [-0.2, -0.15) is 0 Å². The van der Waals surface area contributed by atoms with E-state index in [1.165, 1.54) is 25.7 Å². The van der Waals surface area contributed by atoms with Gasteiger partial charge >= 0.3 is 19.8 Å². The second-order valence-corrected chi connectivity index (χ2v) is 13.8. The third kappa shape index (κ3) is 30.3. The van der Waals surface area contributed by atoms with Crippen molar-refractivity contribution in [2.75, 3.05) is 13.2 Å². The van der Waals surface area contributed by atoms with Crippen molar-refractivity contribution in [3.05, 3.63) is 60.8 Å². The molecule has 1 aliphatic heterocycles. The zero-order valence-electron chi connectivity index (χ0n) is 30.3. The summed E-state index contributed by atoms with van der Waals surface area (Å²) in [5.41, 5.74) is 0. The number of esters is 2. The van der Waals surface area contributed by atoms with Crippen LogP contribution >= 0.6 is 7.82 Å². The highest BCUT2D eigenvalue weighted by molar-refractivity contribution is 7.46. The van der Waals surface area contributed by atoms with Crippen LogP contribution in [0.15, 0.2) is 60.8 Å². The molecule has 280 valence electrons. The highest BCUT2D eigenvalue weighted by Gasteiger charge is 2.36. The summed E-state index contributed by atoms with van der Waals surface area (Å²) in [5, 5.41) is 0. The van der Waals surface area contributed by atoms with E-state index in [0.29, 0.717) is 25.0 Å². The summed E-state index contributed by atoms with van der Waals surface area (Å²) in [6, 6.07) is 0. The van der Waals surface area contributed by atoms with Crippen LogP contribution in [0.3, 0.4) is 0 Å². The lowest BCUT2D eigenvalue weighted by Crippen LogP contribution is -2.29. The number of carbonyl (C=O) groups excluding carboxylic acids is 2. The number of hydrogen-bond acceptors (Lipinski definition) is 7. The molecule has 9 nitrogen and oxygen atoms in total. The molecule has 0 saturated carbocycles. The molecule has 0 aromatic heterocycles. The summed E-state index contributed by atoms with van der Waals surface area (Å²) >= 11 is 0. The fourth-order valence-corrected chi connectivity index (χ4v) is 5.43. The first-order valence-corrected chi connectivity index (χ1v) is 20.2. The van der Waals surface area contributed by atoms with E-state index < -0.39 is 32.5 Å². The molecule has 0 aromatic rings. The minimum atomic E-state index is -4.77. The number of ether oxygens (including phenoxy) is 3. The maximum absolute atomic E-state index is 12.3. The lowest BCUT2D eigenvalue weighted by atomic mass is 10.1. The van der Waals surface area contributed by atoms with Crippen LogP contribution in [-0.4, -0.2) is 53.3 Å². The second kappa shape index (κ2) is 30.5. The minimum Gasteiger partial charge on any atom is -0.462 e. The first kappa shape index (κ1) is 44.7. The van der Waals surface area contributed by atoms with Crippen molar-refractivity contribution in [1.82, 2.24) is 0 Å². The Bertz CT molecular complexity index is 1040. The van der Waals surface area contributed by atoms with Gasteiger partial charge in [0.2, 0.25) is 0 Å². The molecule has 1 rings (SSSR count). The number of rotatable bonds is 32. The third-order valence-corrected chi connectivity index (χ3v) is 8.43. The molecular formula is C39H65O9P. The Labute approximate surface area is 296 Å². The summed E-state index contributed by atoms with van der Waals surface area (Å²) in [7, 11) is -4.77. The van der Waals surface area contributed by atoms with Crippen LogP contribution in [0.4, 0.5) is 0 Å². The molecule has 1 fully saturated rings. The predicted molar refractivity (Wildman–Crippen MR) is 197 cm³/mol. The smallest absolute Gasteiger partial charge is 0.462 e. The van der Waals surface area contributed by atoms with Gasteiger partial charge in [-0.1, -0.05) is 113 Å². The number of unbranched alkanes of at least 4 members (excludes halogenated alkanes) is 9. The van der Waals surface area contributed by atoms with Gasteiger partial charge < -0.3 is 24.0 Å². The molecular weight excluding hydrogens is 643 g/mol. The van der Waals surface area contributed by atoms with Gasteiger partial charge in [0.05, 0.1) is 18.8 Å². The van der Waals surface area contributed by atoms with E-state index >= 15 is 0 Å². The topological polar surface area (TPSA) is 132 Å². The van der Waals surface area contributed by atoms with Crippen molar-refractivity contribution < 1.29 is 42.7 Å². The van der Waals surface area contributed by atoms with Gasteiger partial charge in [-0.05, 0) is 77.0 Å². The Morgan fingerprint density at radius 2 is 1.24 bits per heavy atom. The Hall–Kier alpha value is -2.29. The van der Waals surface area contributed by atoms with E-state index in [1.807, 2.05) is 0 Å². The van der Waals surface area contributed by atoms with Crippen molar-refractivity contribution in [2.24, 2.45) is 0 Å². The Morgan fingerprint density at radius 1 is 0.673 bits per heavy atom. The maximum Gasteiger partial charge on any atom is 0.469 e. The number of epoxide rings is 1. The van der Waals surface area contributed by atoms with Gasteiger partial charge in [0.25, 0.3) is 0 Å². The minimum absolute atomic E-state index is 0.151. The van der Waals surface area contributed by atoms with E-state index in [2.05, 4.69) is 79.1 Å². The highest BCUT2D eigenvalue weighted by atomic mass is 31.2. The zero-order valence-corrected chi connectivity index (χ0v) is 31.2. The van der Waals surface area contributed by atoms with Crippen LogP contribution in [0.25, 0.3) is 0 Å². The summed E-state index contributed by atoms with van der Waals surface area (Å²) in [5.74, 6) is -0.962. The van der Waals surface area contributed by atoms with Crippen LogP contribution in [0.1, 0.15) is 142 Å². The third-order valence-electron chi connectivity index (χ3n) is 7.94. The van der Waals surface area contributed by atoms with E-state index in [-0.39, 0.29) is 19.4 Å². The molecule has 2 N–H and O–H groups in total. The molecule has 1 heterocycles. The van der Waals surface area contributed by atoms with Gasteiger partial charge in [-0.15, -0.1) is 0 Å². The number of hydrogen-bond donors (Lipinski definition) is 2. The summed E-state index contributed by atoms with van der Waals surface area (Å²) in [6.07, 6.45) is 39.7. The van der Waals surface area contributed by atoms with Crippen molar-refractivity contribution in [3.63, 3.8) is 0 Å². The standard InChI is InChI=1S/C39H65O9P/c1-3-5-7-8-9-10-11-12-13-14-15-16-21-24-28-32-39(41)47-35(34-46-49(42,43)44)33-45-38(40)31-27-23-20-18-17-19-22-26-30-37-36(48-37)29-25-6-4-2/h5,7,9-10,12-13,15-16,22,26,35-37H,3-4,6,8,11,14,17-21,23-25,27-34H2,1-2H3,(H2,42,43,44)/b7-5-,10-9-,13-12-,16-15-,26-22-/t35-,36?,37?/m1/s1. The van der Waals surface area contributed by atoms with E-state index in [4.69, 9.17) is 24.0 Å². The molecule has 0 bridgehead atoms. The Morgan fingerprint density at radius 3 is 1.92 bits per heavy atom. The number of carbonyl (C=O) groups is 2. The Kier molecular flexibility index (Phi) is 27.9. The Balaban J connectivity index is 2.13. The molecule has 10 heteroatoms. The summed E-state index contributed by atoms with van der Waals surface area (Å²) in [6.45, 7) is 3.47. The van der Waals surface area contributed by atoms with Gasteiger partial charge in [0.15, 0.2) is 6.10 Å². The SMILES string of the molecule is CC/C=C\C/C=C\C/C=C\C/C=C\CCCCC(=O)O[C@H](COC(=O)CCCCCCC/C=C\CC1OC1CCCCC)COP(=O)(O)O. The van der Waals surface area contributed by atoms with E-state index in [0.717, 1.165) is 77.0 Å². The van der Waals surface area contributed by atoms with Gasteiger partial charge in [-0.3, -0.25) is 14.1 Å². The van der Waals surface area contributed by atoms with Crippen LogP contribution in [-0.2, 0) is 32.9 Å². The van der Waals surface area contributed by atoms with Crippen LogP contribution in [0, 0.1) is 0 Å². The molecule has 2 unspecified atom stereocenters. The van der Waals surface area contributed by atoms with E-state index in [1.54, 1.807) is 0 Å². The quantitative estimate of drug-likeness (QED) is 0.0230. The summed E-state index contributed by atoms with van der Waals surface area (Å²) in [4.78, 5) is 42.7. The first-order chi connectivity index (χ1) is 23.7. The molecule has 0 spiro atoms. The summed E-state index contributed by atoms with van der Waals surface area (Å²) < 4.78 is 32.0. The molecule has 0 aromatic carbocycles. The second-order valence-electron chi connectivity index (χ2n) is 12.6. The molecule has 0 radical (unpaired) electrons. The fraction of sp³-hybridized carbons (Fsp3) is 0.692. The maximum atomic E-state index is 12.3. The zero-order chi connectivity index (χ0) is 35.8. The largest absolute Gasteiger partial charge is 0.469 e. The fourth-order valence-electron chi connectivity index (χ4n) is 5.07. The van der Waals surface area contributed by atoms with Crippen LogP contribution in [0.2, 0.25) is 0 Å². The van der Waals surface area contributed by atoms with Gasteiger partial charge in [-0.25, -0.2) is 4.57 Å². The van der Waals surface area contributed by atoms with Crippen LogP contribution in [0.5, 0.6) is 0 Å². The lowest BCUT2D eigenvalue weighted by molar-refractivity contribution is -0.161. The number of phosphoric acid groups is 1. The van der Waals surface area contributed by atoms with Gasteiger partial charge in [0.1, 0.15) is 6.61 Å². The van der Waals surface area contributed by atoms with Crippen LogP contribution < -0.4 is 0 Å². The normalized spacial score (nSPS) is 17.3. The molecule has 3 atom stereocenters. The first-order valence-electron chi connectivity index (χ1n) is 18.7. The van der Waals surface area contributed by atoms with Crippen molar-refractivity contribution in [3.8, 4) is 0 Å². The average molecular weight is 709 g/mol. The molecule has 1 saturated heterocycles. The number of allylic oxidation sites excluding steroid dienone is 9. The number of phosphoric ester groups is 1. The van der Waals surface area contributed by atoms with E-state index in [9.17, 15) is 14.2 Å². The highest BCUT2D eigenvalue weighted by Crippen LogP contribution is 2.36. The van der Waals surface area contributed by atoms with Crippen molar-refractivity contribution >= 4 is 19.8 Å². The monoisotopic (exact) mass is 708 g/mol. The van der Waals surface area contributed by atoms with Gasteiger partial charge in [0, 0.05) is 12.8 Å². The molecule has 49 heavy (non-hydrogen) atoms. The predicted octanol–water partition coefficient (Wildman–Crippen LogP) is 9.94. The molecule has 1 aliphatic rings. The van der Waals surface area contributed by atoms with Crippen molar-refractivity contribution in [2.45, 2.75) is 161 Å².